The molecule has 0 aliphatic rings. The molecule has 0 bridgehead atoms. The van der Waals surface area contributed by atoms with E-state index in [4.69, 9.17) is 9.52 Å². The first kappa shape index (κ1) is 10.7. The van der Waals surface area contributed by atoms with E-state index in [1.165, 1.54) is 0 Å². The first-order valence-electron chi connectivity index (χ1n) is 5.11. The smallest absolute Gasteiger partial charge is 0.287 e. The van der Waals surface area contributed by atoms with Crippen molar-refractivity contribution in [3.05, 3.63) is 36.1 Å². The first-order valence-corrected chi connectivity index (χ1v) is 5.11. The van der Waals surface area contributed by atoms with Crippen LogP contribution in [0.5, 0.6) is 0 Å². The van der Waals surface area contributed by atoms with Crippen molar-refractivity contribution >= 4 is 16.9 Å². The standard InChI is InChI=1S/C12H13NO3/c1-8(14)7-13-12(15)11-6-9-4-2-3-5-10(9)16-11/h2-6,8,14H,7H2,1H3,(H,13,15)/t8-/m0/s1. The molecular weight excluding hydrogens is 206 g/mol. The van der Waals surface area contributed by atoms with Gasteiger partial charge < -0.3 is 14.8 Å². The number of aliphatic hydroxyl groups excluding tert-OH is 1. The Balaban J connectivity index is 2.17. The molecule has 0 radical (unpaired) electrons. The lowest BCUT2D eigenvalue weighted by molar-refractivity contribution is 0.0899. The summed E-state index contributed by atoms with van der Waals surface area (Å²) < 4.78 is 5.37. The minimum atomic E-state index is -0.562. The number of para-hydroxylation sites is 1. The van der Waals surface area contributed by atoms with Gasteiger partial charge in [0.2, 0.25) is 0 Å². The predicted octanol–water partition coefficient (Wildman–Crippen LogP) is 1.54. The summed E-state index contributed by atoms with van der Waals surface area (Å²) in [5.41, 5.74) is 0.685. The molecule has 0 saturated heterocycles. The largest absolute Gasteiger partial charge is 0.451 e. The van der Waals surface area contributed by atoms with Crippen molar-refractivity contribution in [2.24, 2.45) is 0 Å². The third-order valence-corrected chi connectivity index (χ3v) is 2.21. The molecule has 2 rings (SSSR count). The molecule has 0 fully saturated rings. The first-order chi connectivity index (χ1) is 7.66. The monoisotopic (exact) mass is 219 g/mol. The van der Waals surface area contributed by atoms with Crippen molar-refractivity contribution in [3.63, 3.8) is 0 Å². The maximum Gasteiger partial charge on any atom is 0.287 e. The van der Waals surface area contributed by atoms with Gasteiger partial charge >= 0.3 is 0 Å². The number of hydrogen-bond acceptors (Lipinski definition) is 3. The van der Waals surface area contributed by atoms with Gasteiger partial charge in [-0.3, -0.25) is 4.79 Å². The van der Waals surface area contributed by atoms with Crippen LogP contribution in [0.1, 0.15) is 17.5 Å². The van der Waals surface area contributed by atoms with Gasteiger partial charge in [-0.1, -0.05) is 18.2 Å². The molecule has 1 atom stereocenters. The molecule has 0 unspecified atom stereocenters. The predicted molar refractivity (Wildman–Crippen MR) is 60.2 cm³/mol. The van der Waals surface area contributed by atoms with Gasteiger partial charge in [-0.05, 0) is 19.1 Å². The lowest BCUT2D eigenvalue weighted by atomic mass is 10.2. The Labute approximate surface area is 92.9 Å². The molecule has 1 amide bonds. The van der Waals surface area contributed by atoms with Crippen molar-refractivity contribution in [2.45, 2.75) is 13.0 Å². The number of furan rings is 1. The Bertz CT molecular complexity index is 469. The van der Waals surface area contributed by atoms with Crippen LogP contribution in [0.4, 0.5) is 0 Å². The molecule has 84 valence electrons. The van der Waals surface area contributed by atoms with Gasteiger partial charge in [0.25, 0.3) is 5.91 Å². The Kier molecular flexibility index (Phi) is 2.92. The van der Waals surface area contributed by atoms with Crippen LogP contribution >= 0.6 is 0 Å². The third kappa shape index (κ3) is 2.23. The Morgan fingerprint density at radius 3 is 2.94 bits per heavy atom. The number of hydrogen-bond donors (Lipinski definition) is 2. The normalized spacial score (nSPS) is 12.6. The Hall–Kier alpha value is -1.81. The number of aliphatic hydroxyl groups is 1. The fraction of sp³-hybridized carbons (Fsp3) is 0.250. The molecule has 0 aliphatic heterocycles. The second-order valence-corrected chi connectivity index (χ2v) is 3.71. The van der Waals surface area contributed by atoms with E-state index in [-0.39, 0.29) is 18.2 Å². The molecule has 4 nitrogen and oxygen atoms in total. The van der Waals surface area contributed by atoms with E-state index < -0.39 is 6.10 Å². The molecule has 1 aromatic heterocycles. The third-order valence-electron chi connectivity index (χ3n) is 2.21. The molecule has 16 heavy (non-hydrogen) atoms. The van der Waals surface area contributed by atoms with Crippen LogP contribution in [0.2, 0.25) is 0 Å². The summed E-state index contributed by atoms with van der Waals surface area (Å²) in [6.45, 7) is 1.83. The van der Waals surface area contributed by atoms with E-state index >= 15 is 0 Å². The van der Waals surface area contributed by atoms with E-state index in [2.05, 4.69) is 5.32 Å². The highest BCUT2D eigenvalue weighted by Crippen LogP contribution is 2.18. The molecule has 1 heterocycles. The van der Waals surface area contributed by atoms with Crippen molar-refractivity contribution in [1.82, 2.24) is 5.32 Å². The van der Waals surface area contributed by atoms with Crippen LogP contribution in [0.3, 0.4) is 0 Å². The highest BCUT2D eigenvalue weighted by molar-refractivity contribution is 5.96. The van der Waals surface area contributed by atoms with Gasteiger partial charge in [-0.25, -0.2) is 0 Å². The van der Waals surface area contributed by atoms with E-state index in [0.29, 0.717) is 5.58 Å². The number of carbonyl (C=O) groups excluding carboxylic acids is 1. The summed E-state index contributed by atoms with van der Waals surface area (Å²) in [7, 11) is 0. The van der Waals surface area contributed by atoms with Gasteiger partial charge in [-0.15, -0.1) is 0 Å². The summed E-state index contributed by atoms with van der Waals surface area (Å²) in [6, 6.07) is 9.11. The molecule has 2 N–H and O–H groups in total. The fourth-order valence-electron chi connectivity index (χ4n) is 1.42. The maximum absolute atomic E-state index is 11.6. The van der Waals surface area contributed by atoms with E-state index in [1.54, 1.807) is 19.1 Å². The van der Waals surface area contributed by atoms with Crippen LogP contribution in [0.15, 0.2) is 34.7 Å². The second-order valence-electron chi connectivity index (χ2n) is 3.71. The SMILES string of the molecule is C[C@H](O)CNC(=O)c1cc2ccccc2o1. The number of nitrogens with one attached hydrogen (secondary N) is 1. The average Bonchev–Trinajstić information content (AvgIpc) is 2.69. The molecule has 0 spiro atoms. The van der Waals surface area contributed by atoms with Crippen LogP contribution in [-0.2, 0) is 0 Å². The number of amides is 1. The van der Waals surface area contributed by atoms with Crippen LogP contribution in [0.25, 0.3) is 11.0 Å². The quantitative estimate of drug-likeness (QED) is 0.823. The van der Waals surface area contributed by atoms with Crippen LogP contribution in [0, 0.1) is 0 Å². The van der Waals surface area contributed by atoms with Crippen LogP contribution in [-0.4, -0.2) is 23.7 Å². The summed E-state index contributed by atoms with van der Waals surface area (Å²) in [4.78, 5) is 11.6. The lowest BCUT2D eigenvalue weighted by Crippen LogP contribution is -2.30. The van der Waals surface area contributed by atoms with Crippen molar-refractivity contribution in [1.29, 1.82) is 0 Å². The van der Waals surface area contributed by atoms with E-state index in [9.17, 15) is 4.79 Å². The Morgan fingerprint density at radius 2 is 2.25 bits per heavy atom. The van der Waals surface area contributed by atoms with Gasteiger partial charge in [0, 0.05) is 11.9 Å². The topological polar surface area (TPSA) is 62.5 Å². The van der Waals surface area contributed by atoms with Crippen molar-refractivity contribution in [2.75, 3.05) is 6.54 Å². The molecule has 0 saturated carbocycles. The highest BCUT2D eigenvalue weighted by atomic mass is 16.3. The maximum atomic E-state index is 11.6. The van der Waals surface area contributed by atoms with Gasteiger partial charge in [0.05, 0.1) is 6.10 Å². The fourth-order valence-corrected chi connectivity index (χ4v) is 1.42. The minimum Gasteiger partial charge on any atom is -0.451 e. The number of rotatable bonds is 3. The van der Waals surface area contributed by atoms with Crippen molar-refractivity contribution in [3.8, 4) is 0 Å². The molecule has 2 aromatic rings. The molecule has 4 heteroatoms. The summed E-state index contributed by atoms with van der Waals surface area (Å²) in [6.07, 6.45) is -0.562. The van der Waals surface area contributed by atoms with E-state index in [1.807, 2.05) is 18.2 Å². The summed E-state index contributed by atoms with van der Waals surface area (Å²) in [5, 5.41) is 12.5. The van der Waals surface area contributed by atoms with Gasteiger partial charge in [0.15, 0.2) is 5.76 Å². The zero-order valence-electron chi connectivity index (χ0n) is 8.93. The summed E-state index contributed by atoms with van der Waals surface area (Å²) in [5.74, 6) is -0.0426. The Morgan fingerprint density at radius 1 is 1.50 bits per heavy atom. The lowest BCUT2D eigenvalue weighted by Gasteiger charge is -2.04. The number of carbonyl (C=O) groups is 1. The minimum absolute atomic E-state index is 0.218. The zero-order valence-corrected chi connectivity index (χ0v) is 8.93. The number of fused-ring (bicyclic) bond motifs is 1. The van der Waals surface area contributed by atoms with Gasteiger partial charge in [0.1, 0.15) is 5.58 Å². The highest BCUT2D eigenvalue weighted by Gasteiger charge is 2.11. The molecular formula is C12H13NO3. The number of benzene rings is 1. The van der Waals surface area contributed by atoms with E-state index in [0.717, 1.165) is 5.39 Å². The molecule has 1 aromatic carbocycles. The van der Waals surface area contributed by atoms with Gasteiger partial charge in [-0.2, -0.15) is 0 Å². The van der Waals surface area contributed by atoms with Crippen LogP contribution < -0.4 is 5.32 Å². The zero-order chi connectivity index (χ0) is 11.5. The second kappa shape index (κ2) is 4.37. The average molecular weight is 219 g/mol. The summed E-state index contributed by atoms with van der Waals surface area (Å²) >= 11 is 0. The van der Waals surface area contributed by atoms with Crippen molar-refractivity contribution < 1.29 is 14.3 Å². The molecule has 0 aliphatic carbocycles.